The van der Waals surface area contributed by atoms with Crippen molar-refractivity contribution < 1.29 is 9.47 Å². The average Bonchev–Trinajstić information content (AvgIpc) is 2.48. The van der Waals surface area contributed by atoms with Gasteiger partial charge in [-0.3, -0.25) is 0 Å². The highest BCUT2D eigenvalue weighted by molar-refractivity contribution is 9.09. The molecule has 106 valence electrons. The van der Waals surface area contributed by atoms with Crippen LogP contribution in [0.15, 0.2) is 36.4 Å². The summed E-state index contributed by atoms with van der Waals surface area (Å²) in [7, 11) is 3.26. The molecular weight excluding hydrogens is 340 g/mol. The van der Waals surface area contributed by atoms with Crippen molar-refractivity contribution in [1.29, 1.82) is 0 Å². The minimum atomic E-state index is 0.0559. The van der Waals surface area contributed by atoms with Crippen molar-refractivity contribution in [1.82, 2.24) is 0 Å². The molecule has 1 unspecified atom stereocenters. The van der Waals surface area contributed by atoms with Crippen LogP contribution in [0, 0.1) is 6.92 Å². The van der Waals surface area contributed by atoms with Crippen molar-refractivity contribution in [3.05, 3.63) is 58.1 Å². The molecule has 0 amide bonds. The SMILES string of the molecule is COc1ccc(C(Br)c2ccc(C)c(Cl)c2)cc1OC. The Hall–Kier alpha value is -1.19. The summed E-state index contributed by atoms with van der Waals surface area (Å²) in [4.78, 5) is 0.0559. The van der Waals surface area contributed by atoms with Gasteiger partial charge >= 0.3 is 0 Å². The van der Waals surface area contributed by atoms with Gasteiger partial charge in [0.2, 0.25) is 0 Å². The van der Waals surface area contributed by atoms with Gasteiger partial charge in [0.25, 0.3) is 0 Å². The number of halogens is 2. The largest absolute Gasteiger partial charge is 0.493 e. The Morgan fingerprint density at radius 3 is 2.15 bits per heavy atom. The molecule has 2 nitrogen and oxygen atoms in total. The molecule has 20 heavy (non-hydrogen) atoms. The van der Waals surface area contributed by atoms with Gasteiger partial charge in [-0.25, -0.2) is 0 Å². The van der Waals surface area contributed by atoms with E-state index in [9.17, 15) is 0 Å². The van der Waals surface area contributed by atoms with Gasteiger partial charge in [-0.1, -0.05) is 45.7 Å². The molecule has 0 aliphatic heterocycles. The molecule has 0 saturated heterocycles. The highest BCUT2D eigenvalue weighted by Crippen LogP contribution is 2.37. The molecule has 2 rings (SSSR count). The van der Waals surface area contributed by atoms with Crippen LogP contribution in [0.1, 0.15) is 21.5 Å². The summed E-state index contributed by atoms with van der Waals surface area (Å²) in [6.07, 6.45) is 0. The average molecular weight is 356 g/mol. The zero-order valence-corrected chi connectivity index (χ0v) is 14.0. The number of ether oxygens (including phenoxy) is 2. The lowest BCUT2D eigenvalue weighted by atomic mass is 10.0. The van der Waals surface area contributed by atoms with Gasteiger partial charge < -0.3 is 9.47 Å². The Bertz CT molecular complexity index is 613. The third kappa shape index (κ3) is 3.10. The van der Waals surface area contributed by atoms with E-state index in [4.69, 9.17) is 21.1 Å². The molecule has 0 fully saturated rings. The molecule has 0 heterocycles. The molecule has 0 aromatic heterocycles. The second-order valence-electron chi connectivity index (χ2n) is 4.49. The molecule has 2 aromatic rings. The van der Waals surface area contributed by atoms with Crippen LogP contribution in [0.25, 0.3) is 0 Å². The van der Waals surface area contributed by atoms with E-state index in [0.29, 0.717) is 5.75 Å². The molecule has 0 spiro atoms. The minimum Gasteiger partial charge on any atom is -0.493 e. The fraction of sp³-hybridized carbons (Fsp3) is 0.250. The number of methoxy groups -OCH3 is 2. The van der Waals surface area contributed by atoms with E-state index in [1.54, 1.807) is 14.2 Å². The Morgan fingerprint density at radius 2 is 1.55 bits per heavy atom. The topological polar surface area (TPSA) is 18.5 Å². The van der Waals surface area contributed by atoms with Gasteiger partial charge in [0.15, 0.2) is 11.5 Å². The lowest BCUT2D eigenvalue weighted by molar-refractivity contribution is 0.354. The van der Waals surface area contributed by atoms with Crippen LogP contribution >= 0.6 is 27.5 Å². The molecular formula is C16H16BrClO2. The molecule has 0 N–H and O–H groups in total. The predicted molar refractivity (Wildman–Crippen MR) is 86.5 cm³/mol. The third-order valence-electron chi connectivity index (χ3n) is 3.19. The Kier molecular flexibility index (Phi) is 4.95. The first-order chi connectivity index (χ1) is 9.56. The second-order valence-corrected chi connectivity index (χ2v) is 5.81. The van der Waals surface area contributed by atoms with Crippen LogP contribution < -0.4 is 9.47 Å². The fourth-order valence-corrected chi connectivity index (χ4v) is 2.73. The van der Waals surface area contributed by atoms with E-state index in [1.165, 1.54) is 0 Å². The van der Waals surface area contributed by atoms with Crippen molar-refractivity contribution in [3.8, 4) is 11.5 Å². The van der Waals surface area contributed by atoms with E-state index in [0.717, 1.165) is 27.5 Å². The van der Waals surface area contributed by atoms with E-state index in [2.05, 4.69) is 22.0 Å². The standard InChI is InChI=1S/C16H16BrClO2/c1-10-4-5-11(8-13(10)18)16(17)12-6-7-14(19-2)15(9-12)20-3/h4-9,16H,1-3H3. The highest BCUT2D eigenvalue weighted by atomic mass is 79.9. The summed E-state index contributed by atoms with van der Waals surface area (Å²) in [5, 5.41) is 0.771. The smallest absolute Gasteiger partial charge is 0.161 e. The molecule has 2 aromatic carbocycles. The molecule has 4 heteroatoms. The Balaban J connectivity index is 2.37. The van der Waals surface area contributed by atoms with Gasteiger partial charge in [-0.15, -0.1) is 0 Å². The monoisotopic (exact) mass is 354 g/mol. The number of hydrogen-bond acceptors (Lipinski definition) is 2. The molecule has 0 bridgehead atoms. The maximum absolute atomic E-state index is 6.19. The Labute approximate surface area is 132 Å². The van der Waals surface area contributed by atoms with E-state index in [1.807, 2.05) is 37.3 Å². The lowest BCUT2D eigenvalue weighted by Gasteiger charge is -2.15. The van der Waals surface area contributed by atoms with Gasteiger partial charge in [0.05, 0.1) is 19.0 Å². The summed E-state index contributed by atoms with van der Waals surface area (Å²) >= 11 is 9.89. The molecule has 0 radical (unpaired) electrons. The van der Waals surface area contributed by atoms with Crippen molar-refractivity contribution in [2.24, 2.45) is 0 Å². The van der Waals surface area contributed by atoms with Crippen molar-refractivity contribution >= 4 is 27.5 Å². The summed E-state index contributed by atoms with van der Waals surface area (Å²) in [6, 6.07) is 11.9. The summed E-state index contributed by atoms with van der Waals surface area (Å²) < 4.78 is 10.6. The predicted octanol–water partition coefficient (Wildman–Crippen LogP) is 5.15. The number of benzene rings is 2. The quantitative estimate of drug-likeness (QED) is 0.706. The third-order valence-corrected chi connectivity index (χ3v) is 4.65. The number of alkyl halides is 1. The van der Waals surface area contributed by atoms with Crippen LogP contribution in [-0.2, 0) is 0 Å². The van der Waals surface area contributed by atoms with E-state index >= 15 is 0 Å². The lowest BCUT2D eigenvalue weighted by Crippen LogP contribution is -1.96. The second kappa shape index (κ2) is 6.51. The normalized spacial score (nSPS) is 12.1. The molecule has 0 aliphatic carbocycles. The van der Waals surface area contributed by atoms with Crippen LogP contribution in [0.3, 0.4) is 0 Å². The zero-order chi connectivity index (χ0) is 14.7. The molecule has 1 atom stereocenters. The van der Waals surface area contributed by atoms with Gasteiger partial charge in [0.1, 0.15) is 0 Å². The highest BCUT2D eigenvalue weighted by Gasteiger charge is 2.14. The minimum absolute atomic E-state index is 0.0559. The van der Waals surface area contributed by atoms with Crippen LogP contribution in [0.5, 0.6) is 11.5 Å². The van der Waals surface area contributed by atoms with Crippen molar-refractivity contribution in [3.63, 3.8) is 0 Å². The summed E-state index contributed by atoms with van der Waals surface area (Å²) in [5.41, 5.74) is 3.26. The van der Waals surface area contributed by atoms with Gasteiger partial charge in [0, 0.05) is 5.02 Å². The number of rotatable bonds is 4. The zero-order valence-electron chi connectivity index (χ0n) is 11.6. The molecule has 0 aliphatic rings. The first-order valence-electron chi connectivity index (χ1n) is 6.19. The summed E-state index contributed by atoms with van der Waals surface area (Å²) in [6.45, 7) is 1.99. The van der Waals surface area contributed by atoms with Crippen molar-refractivity contribution in [2.75, 3.05) is 14.2 Å². The number of hydrogen-bond donors (Lipinski definition) is 0. The van der Waals surface area contributed by atoms with Gasteiger partial charge in [-0.2, -0.15) is 0 Å². The molecule has 0 saturated carbocycles. The Morgan fingerprint density at radius 1 is 0.950 bits per heavy atom. The van der Waals surface area contributed by atoms with Gasteiger partial charge in [-0.05, 0) is 41.8 Å². The summed E-state index contributed by atoms with van der Waals surface area (Å²) in [5.74, 6) is 1.44. The maximum Gasteiger partial charge on any atom is 0.161 e. The van der Waals surface area contributed by atoms with Crippen molar-refractivity contribution in [2.45, 2.75) is 11.8 Å². The van der Waals surface area contributed by atoms with E-state index in [-0.39, 0.29) is 4.83 Å². The van der Waals surface area contributed by atoms with Crippen LogP contribution in [-0.4, -0.2) is 14.2 Å². The fourth-order valence-electron chi connectivity index (χ4n) is 1.97. The maximum atomic E-state index is 6.19. The van der Waals surface area contributed by atoms with Crippen LogP contribution in [0.4, 0.5) is 0 Å². The van der Waals surface area contributed by atoms with Crippen LogP contribution in [0.2, 0.25) is 5.02 Å². The first kappa shape index (κ1) is 15.2. The number of aryl methyl sites for hydroxylation is 1. The first-order valence-corrected chi connectivity index (χ1v) is 7.48. The van der Waals surface area contributed by atoms with E-state index < -0.39 is 0 Å².